The van der Waals surface area contributed by atoms with Crippen molar-refractivity contribution in [3.05, 3.63) is 0 Å². The van der Waals surface area contributed by atoms with E-state index in [0.717, 1.165) is 0 Å². The number of hydrogen-bond acceptors (Lipinski definition) is 3. The van der Waals surface area contributed by atoms with Gasteiger partial charge in [0.1, 0.15) is 6.10 Å². The average Bonchev–Trinajstić information content (AvgIpc) is 2.34. The molecule has 0 aromatic carbocycles. The lowest BCUT2D eigenvalue weighted by atomic mass is 10.2. The first-order valence-electron chi connectivity index (χ1n) is 3.33. The van der Waals surface area contributed by atoms with Crippen molar-refractivity contribution in [3.8, 4) is 0 Å². The van der Waals surface area contributed by atoms with Crippen molar-refractivity contribution < 1.29 is 9.53 Å². The summed E-state index contributed by atoms with van der Waals surface area (Å²) in [6.45, 7) is 0.498. The van der Waals surface area contributed by atoms with E-state index in [2.05, 4.69) is 5.32 Å². The summed E-state index contributed by atoms with van der Waals surface area (Å²) in [5.41, 5.74) is 5.51. The van der Waals surface area contributed by atoms with E-state index >= 15 is 0 Å². The molecule has 1 fully saturated rings. The maximum atomic E-state index is 10.9. The molecule has 66 valence electrons. The molecule has 1 amide bonds. The molecule has 0 unspecified atom stereocenters. The zero-order valence-corrected chi connectivity index (χ0v) is 7.19. The van der Waals surface area contributed by atoms with Gasteiger partial charge in [-0.3, -0.25) is 4.79 Å². The number of nitrogens with two attached hydrogens (primary N) is 1. The van der Waals surface area contributed by atoms with Crippen LogP contribution in [0.2, 0.25) is 0 Å². The topological polar surface area (TPSA) is 64.4 Å². The molecule has 2 atom stereocenters. The number of carbonyl (C=O) groups is 1. The largest absolute Gasteiger partial charge is 0.367 e. The zero-order chi connectivity index (χ0) is 7.56. The summed E-state index contributed by atoms with van der Waals surface area (Å²) in [7, 11) is 1.59. The molecule has 1 aliphatic rings. The molecule has 3 N–H and O–H groups in total. The van der Waals surface area contributed by atoms with Gasteiger partial charge in [0.05, 0.1) is 6.61 Å². The van der Waals surface area contributed by atoms with Crippen LogP contribution in [0.3, 0.4) is 0 Å². The summed E-state index contributed by atoms with van der Waals surface area (Å²) in [6.07, 6.45) is 0.319. The highest BCUT2D eigenvalue weighted by molar-refractivity contribution is 5.85. The smallest absolute Gasteiger partial charge is 0.248 e. The van der Waals surface area contributed by atoms with E-state index in [9.17, 15) is 4.79 Å². The number of ether oxygens (including phenoxy) is 1. The highest BCUT2D eigenvalue weighted by atomic mass is 35.5. The van der Waals surface area contributed by atoms with E-state index in [0.29, 0.717) is 13.0 Å². The Morgan fingerprint density at radius 1 is 1.73 bits per heavy atom. The molecule has 11 heavy (non-hydrogen) atoms. The van der Waals surface area contributed by atoms with E-state index < -0.39 is 0 Å². The predicted molar refractivity (Wildman–Crippen MR) is 43.6 cm³/mol. The van der Waals surface area contributed by atoms with E-state index in [1.807, 2.05) is 0 Å². The molecule has 0 aliphatic carbocycles. The normalized spacial score (nSPS) is 29.3. The number of hydrogen-bond donors (Lipinski definition) is 2. The van der Waals surface area contributed by atoms with Crippen LogP contribution in [-0.4, -0.2) is 31.7 Å². The summed E-state index contributed by atoms with van der Waals surface area (Å²) in [5, 5.41) is 2.51. The maximum absolute atomic E-state index is 10.9. The molecule has 0 aromatic heterocycles. The van der Waals surface area contributed by atoms with Crippen LogP contribution in [0.15, 0.2) is 0 Å². The summed E-state index contributed by atoms with van der Waals surface area (Å²) in [5.74, 6) is -0.0760. The third kappa shape index (κ3) is 2.65. The van der Waals surface area contributed by atoms with Crippen LogP contribution in [0.25, 0.3) is 0 Å². The third-order valence-electron chi connectivity index (χ3n) is 1.57. The monoisotopic (exact) mass is 180 g/mol. The fourth-order valence-corrected chi connectivity index (χ4v) is 0.995. The van der Waals surface area contributed by atoms with Gasteiger partial charge in [-0.25, -0.2) is 0 Å². The molecule has 0 spiro atoms. The number of halogens is 1. The van der Waals surface area contributed by atoms with Gasteiger partial charge >= 0.3 is 0 Å². The van der Waals surface area contributed by atoms with Crippen molar-refractivity contribution >= 4 is 18.3 Å². The van der Waals surface area contributed by atoms with Gasteiger partial charge in [0, 0.05) is 13.1 Å². The van der Waals surface area contributed by atoms with Crippen molar-refractivity contribution in [2.75, 3.05) is 13.7 Å². The first-order valence-corrected chi connectivity index (χ1v) is 3.33. The van der Waals surface area contributed by atoms with Gasteiger partial charge < -0.3 is 15.8 Å². The Labute approximate surface area is 71.9 Å². The molecule has 5 heteroatoms. The number of carbonyl (C=O) groups excluding carboxylic acids is 1. The van der Waals surface area contributed by atoms with Crippen LogP contribution in [0.1, 0.15) is 6.42 Å². The lowest BCUT2D eigenvalue weighted by Gasteiger charge is -2.05. The van der Waals surface area contributed by atoms with Crippen LogP contribution in [0.5, 0.6) is 0 Å². The molecule has 4 nitrogen and oxygen atoms in total. The second kappa shape index (κ2) is 4.54. The molecular weight excluding hydrogens is 168 g/mol. The Morgan fingerprint density at radius 2 is 2.36 bits per heavy atom. The van der Waals surface area contributed by atoms with E-state index in [-0.39, 0.29) is 30.5 Å². The van der Waals surface area contributed by atoms with Crippen molar-refractivity contribution in [1.29, 1.82) is 0 Å². The summed E-state index contributed by atoms with van der Waals surface area (Å²) < 4.78 is 5.08. The Balaban J connectivity index is 0.000001000. The molecule has 0 aromatic rings. The quantitative estimate of drug-likeness (QED) is 0.559. The summed E-state index contributed by atoms with van der Waals surface area (Å²) >= 11 is 0. The maximum Gasteiger partial charge on any atom is 0.248 e. The predicted octanol–water partition coefficient (Wildman–Crippen LogP) is -0.730. The van der Waals surface area contributed by atoms with Gasteiger partial charge in [-0.15, -0.1) is 12.4 Å². The lowest BCUT2D eigenvalue weighted by molar-refractivity contribution is -0.129. The molecule has 1 rings (SSSR count). The SMILES string of the molecule is CNC(=O)[C@H]1C[C@@H](N)CO1.Cl. The van der Waals surface area contributed by atoms with Crippen LogP contribution in [-0.2, 0) is 9.53 Å². The zero-order valence-electron chi connectivity index (χ0n) is 6.37. The highest BCUT2D eigenvalue weighted by Crippen LogP contribution is 2.10. The molecule has 1 aliphatic heterocycles. The van der Waals surface area contributed by atoms with E-state index in [1.54, 1.807) is 7.05 Å². The Morgan fingerprint density at radius 3 is 2.73 bits per heavy atom. The van der Waals surface area contributed by atoms with Gasteiger partial charge in [0.25, 0.3) is 0 Å². The van der Waals surface area contributed by atoms with E-state index in [1.165, 1.54) is 0 Å². The van der Waals surface area contributed by atoms with Crippen LogP contribution >= 0.6 is 12.4 Å². The summed E-state index contributed by atoms with van der Waals surface area (Å²) in [4.78, 5) is 10.9. The highest BCUT2D eigenvalue weighted by Gasteiger charge is 2.27. The molecule has 1 heterocycles. The van der Waals surface area contributed by atoms with Crippen LogP contribution in [0, 0.1) is 0 Å². The molecule has 1 saturated heterocycles. The minimum Gasteiger partial charge on any atom is -0.367 e. The number of amides is 1. The second-order valence-electron chi connectivity index (χ2n) is 2.43. The fraction of sp³-hybridized carbons (Fsp3) is 0.833. The van der Waals surface area contributed by atoms with E-state index in [4.69, 9.17) is 10.5 Å². The van der Waals surface area contributed by atoms with Crippen molar-refractivity contribution in [2.24, 2.45) is 5.73 Å². The van der Waals surface area contributed by atoms with Crippen molar-refractivity contribution in [2.45, 2.75) is 18.6 Å². The summed E-state index contributed by atoms with van der Waals surface area (Å²) in [6, 6.07) is 0.0299. The average molecular weight is 181 g/mol. The van der Waals surface area contributed by atoms with Gasteiger partial charge in [-0.1, -0.05) is 0 Å². The second-order valence-corrected chi connectivity index (χ2v) is 2.43. The first kappa shape index (κ1) is 10.7. The Bertz CT molecular complexity index is 143. The number of nitrogens with one attached hydrogen (secondary N) is 1. The minimum absolute atomic E-state index is 0. The fourth-order valence-electron chi connectivity index (χ4n) is 0.995. The third-order valence-corrected chi connectivity index (χ3v) is 1.57. The molecule has 0 bridgehead atoms. The molecular formula is C6H13ClN2O2. The van der Waals surface area contributed by atoms with Crippen molar-refractivity contribution in [3.63, 3.8) is 0 Å². The Hall–Kier alpha value is -0.320. The van der Waals surface area contributed by atoms with Gasteiger partial charge in [-0.05, 0) is 6.42 Å². The molecule has 0 radical (unpaired) electrons. The minimum atomic E-state index is -0.319. The van der Waals surface area contributed by atoms with Gasteiger partial charge in [-0.2, -0.15) is 0 Å². The lowest BCUT2D eigenvalue weighted by Crippen LogP contribution is -2.31. The number of likely N-dealkylation sites (N-methyl/N-ethyl adjacent to an activating group) is 1. The van der Waals surface area contributed by atoms with Gasteiger partial charge in [0.15, 0.2) is 0 Å². The number of rotatable bonds is 1. The van der Waals surface area contributed by atoms with Crippen molar-refractivity contribution in [1.82, 2.24) is 5.32 Å². The van der Waals surface area contributed by atoms with Crippen LogP contribution < -0.4 is 11.1 Å². The van der Waals surface area contributed by atoms with Gasteiger partial charge in [0.2, 0.25) is 5.91 Å². The van der Waals surface area contributed by atoms with Crippen LogP contribution in [0.4, 0.5) is 0 Å². The Kier molecular flexibility index (Phi) is 4.40. The first-order chi connectivity index (χ1) is 4.74. The molecule has 0 saturated carbocycles. The standard InChI is InChI=1S/C6H12N2O2.ClH/c1-8-6(9)5-2-4(7)3-10-5;/h4-5H,2-3,7H2,1H3,(H,8,9);1H/t4-,5-;/m1./s1.